The summed E-state index contributed by atoms with van der Waals surface area (Å²) in [4.78, 5) is 9.45. The molecule has 0 amide bonds. The fraction of sp³-hybridized carbons (Fsp3) is 0.875. The highest BCUT2D eigenvalue weighted by Crippen LogP contribution is 1.96. The molecule has 1 saturated heterocycles. The van der Waals surface area contributed by atoms with Gasteiger partial charge in [0.1, 0.15) is 6.10 Å². The predicted molar refractivity (Wildman–Crippen MR) is 46.0 cm³/mol. The molecular weight excluding hydrogens is 158 g/mol. The fourth-order valence-electron chi connectivity index (χ4n) is 0.802. The van der Waals surface area contributed by atoms with E-state index in [1.165, 1.54) is 39.3 Å². The van der Waals surface area contributed by atoms with Crippen molar-refractivity contribution in [2.24, 2.45) is 0 Å². The maximum Gasteiger partial charge on any atom is 0.332 e. The lowest BCUT2D eigenvalue weighted by molar-refractivity contribution is -0.145. The molecule has 0 radical (unpaired) electrons. The summed E-state index contributed by atoms with van der Waals surface area (Å²) < 4.78 is 0. The molecule has 0 aliphatic carbocycles. The molecule has 0 aromatic carbocycles. The summed E-state index contributed by atoms with van der Waals surface area (Å²) in [5.74, 6) is -1.19. The highest BCUT2D eigenvalue weighted by Gasteiger charge is 2.01. The van der Waals surface area contributed by atoms with Crippen LogP contribution in [0.3, 0.4) is 0 Å². The molecule has 12 heavy (non-hydrogen) atoms. The quantitative estimate of drug-likeness (QED) is 0.533. The van der Waals surface area contributed by atoms with Crippen molar-refractivity contribution in [3.63, 3.8) is 0 Å². The van der Waals surface area contributed by atoms with Crippen LogP contribution in [0.15, 0.2) is 0 Å². The molecule has 0 saturated carbocycles. The molecule has 0 spiro atoms. The Bertz CT molecular complexity index is 110. The molecule has 0 bridgehead atoms. The van der Waals surface area contributed by atoms with E-state index in [2.05, 4.69) is 5.32 Å². The number of aliphatic hydroxyl groups excluding tert-OH is 1. The van der Waals surface area contributed by atoms with Crippen LogP contribution in [0.25, 0.3) is 0 Å². The third-order valence-electron chi connectivity index (χ3n) is 1.56. The molecule has 1 unspecified atom stereocenters. The molecule has 1 atom stereocenters. The van der Waals surface area contributed by atoms with E-state index in [0.717, 1.165) is 0 Å². The first-order chi connectivity index (χ1) is 5.64. The molecular formula is C8H17NO3. The van der Waals surface area contributed by atoms with E-state index in [4.69, 9.17) is 10.2 Å². The second-order valence-electron chi connectivity index (χ2n) is 2.82. The Labute approximate surface area is 72.6 Å². The number of hydrogen-bond acceptors (Lipinski definition) is 3. The van der Waals surface area contributed by atoms with E-state index in [9.17, 15) is 4.79 Å². The average Bonchev–Trinajstić information content (AvgIpc) is 2.08. The summed E-state index contributed by atoms with van der Waals surface area (Å²) >= 11 is 0. The van der Waals surface area contributed by atoms with Gasteiger partial charge in [0.15, 0.2) is 0 Å². The maximum absolute atomic E-state index is 9.45. The average molecular weight is 175 g/mol. The summed E-state index contributed by atoms with van der Waals surface area (Å²) in [6.07, 6.45) is 2.98. The monoisotopic (exact) mass is 175 g/mol. The van der Waals surface area contributed by atoms with Gasteiger partial charge in [-0.2, -0.15) is 0 Å². The zero-order valence-corrected chi connectivity index (χ0v) is 7.42. The third kappa shape index (κ3) is 7.50. The number of nitrogens with one attached hydrogen (secondary N) is 1. The Morgan fingerprint density at radius 1 is 1.33 bits per heavy atom. The van der Waals surface area contributed by atoms with E-state index in [0.29, 0.717) is 0 Å². The normalized spacial score (nSPS) is 18.8. The van der Waals surface area contributed by atoms with Gasteiger partial charge in [-0.05, 0) is 32.9 Å². The van der Waals surface area contributed by atoms with Crippen molar-refractivity contribution in [3.8, 4) is 0 Å². The molecule has 1 aliphatic heterocycles. The molecule has 1 fully saturated rings. The number of carbonyl (C=O) groups is 1. The van der Waals surface area contributed by atoms with Gasteiger partial charge >= 0.3 is 5.97 Å². The highest BCUT2D eigenvalue weighted by atomic mass is 16.4. The summed E-state index contributed by atoms with van der Waals surface area (Å²) in [6, 6.07) is 0. The smallest absolute Gasteiger partial charge is 0.332 e. The summed E-state index contributed by atoms with van der Waals surface area (Å²) in [7, 11) is 0. The van der Waals surface area contributed by atoms with Gasteiger partial charge in [0.25, 0.3) is 0 Å². The highest BCUT2D eigenvalue weighted by molar-refractivity contribution is 5.71. The summed E-state index contributed by atoms with van der Waals surface area (Å²) in [5, 5.41) is 19.1. The molecule has 1 rings (SSSR count). The number of rotatable bonds is 1. The number of piperidine rings is 1. The van der Waals surface area contributed by atoms with Crippen LogP contribution in [0, 0.1) is 0 Å². The fourth-order valence-corrected chi connectivity index (χ4v) is 0.802. The Kier molecular flexibility index (Phi) is 6.70. The number of aliphatic hydroxyl groups is 1. The minimum atomic E-state index is -1.23. The number of aliphatic carboxylic acids is 1. The first kappa shape index (κ1) is 11.4. The van der Waals surface area contributed by atoms with Crippen LogP contribution in [0.5, 0.6) is 0 Å². The lowest BCUT2D eigenvalue weighted by Gasteiger charge is -2.08. The van der Waals surface area contributed by atoms with Crippen LogP contribution in [0.4, 0.5) is 0 Å². The number of carboxylic acids is 1. The van der Waals surface area contributed by atoms with Gasteiger partial charge in [-0.1, -0.05) is 6.42 Å². The van der Waals surface area contributed by atoms with Crippen molar-refractivity contribution in [3.05, 3.63) is 0 Å². The minimum absolute atomic E-state index is 1.19. The van der Waals surface area contributed by atoms with Crippen LogP contribution < -0.4 is 5.32 Å². The second kappa shape index (κ2) is 7.06. The molecule has 3 N–H and O–H groups in total. The predicted octanol–water partition coefficient (Wildman–Crippen LogP) is 0.212. The number of carboxylic acid groups (broad SMARTS) is 1. The Hall–Kier alpha value is -0.610. The molecule has 4 heteroatoms. The molecule has 1 aliphatic rings. The van der Waals surface area contributed by atoms with E-state index in [1.54, 1.807) is 0 Å². The molecule has 1 heterocycles. The van der Waals surface area contributed by atoms with Crippen LogP contribution >= 0.6 is 0 Å². The van der Waals surface area contributed by atoms with Gasteiger partial charge in [-0.15, -0.1) is 0 Å². The second-order valence-corrected chi connectivity index (χ2v) is 2.82. The van der Waals surface area contributed by atoms with Crippen LogP contribution in [0.1, 0.15) is 26.2 Å². The largest absolute Gasteiger partial charge is 0.479 e. The molecule has 4 nitrogen and oxygen atoms in total. The van der Waals surface area contributed by atoms with Crippen molar-refractivity contribution in [2.45, 2.75) is 32.3 Å². The van der Waals surface area contributed by atoms with Crippen LogP contribution in [0.2, 0.25) is 0 Å². The topological polar surface area (TPSA) is 69.6 Å². The number of hydrogen-bond donors (Lipinski definition) is 3. The summed E-state index contributed by atoms with van der Waals surface area (Å²) in [5.41, 5.74) is 0. The Balaban J connectivity index is 0.000000202. The maximum atomic E-state index is 9.45. The minimum Gasteiger partial charge on any atom is -0.479 e. The van der Waals surface area contributed by atoms with Crippen molar-refractivity contribution in [2.75, 3.05) is 13.1 Å². The zero-order valence-electron chi connectivity index (χ0n) is 7.42. The van der Waals surface area contributed by atoms with E-state index in [-0.39, 0.29) is 0 Å². The van der Waals surface area contributed by atoms with Crippen molar-refractivity contribution < 1.29 is 15.0 Å². The Morgan fingerprint density at radius 2 is 1.75 bits per heavy atom. The van der Waals surface area contributed by atoms with E-state index < -0.39 is 12.1 Å². The lowest BCUT2D eigenvalue weighted by atomic mass is 10.2. The summed E-state index contributed by atoms with van der Waals surface area (Å²) in [6.45, 7) is 3.70. The first-order valence-electron chi connectivity index (χ1n) is 4.26. The van der Waals surface area contributed by atoms with Gasteiger partial charge in [0.05, 0.1) is 0 Å². The standard InChI is InChI=1S/C5H11N.C3H6O3/c1-2-4-6-5-3-1;1-2(4)3(5)6/h6H,1-5H2;2,4H,1H3,(H,5,6). The van der Waals surface area contributed by atoms with Gasteiger partial charge in [-0.3, -0.25) is 0 Å². The molecule has 72 valence electrons. The van der Waals surface area contributed by atoms with Crippen molar-refractivity contribution in [1.82, 2.24) is 5.32 Å². The van der Waals surface area contributed by atoms with Gasteiger partial charge < -0.3 is 15.5 Å². The van der Waals surface area contributed by atoms with Crippen LogP contribution in [-0.4, -0.2) is 35.4 Å². The van der Waals surface area contributed by atoms with E-state index >= 15 is 0 Å². The van der Waals surface area contributed by atoms with Gasteiger partial charge in [-0.25, -0.2) is 4.79 Å². The Morgan fingerprint density at radius 3 is 1.83 bits per heavy atom. The first-order valence-corrected chi connectivity index (χ1v) is 4.26. The SMILES string of the molecule is C1CCNCC1.CC(O)C(=O)O. The molecule has 0 aromatic rings. The van der Waals surface area contributed by atoms with Crippen molar-refractivity contribution in [1.29, 1.82) is 0 Å². The third-order valence-corrected chi connectivity index (χ3v) is 1.56. The lowest BCUT2D eigenvalue weighted by Crippen LogP contribution is -2.21. The van der Waals surface area contributed by atoms with Crippen molar-refractivity contribution >= 4 is 5.97 Å². The van der Waals surface area contributed by atoms with Gasteiger partial charge in [0.2, 0.25) is 0 Å². The van der Waals surface area contributed by atoms with Gasteiger partial charge in [0, 0.05) is 0 Å². The van der Waals surface area contributed by atoms with Crippen LogP contribution in [-0.2, 0) is 4.79 Å². The zero-order chi connectivity index (χ0) is 9.40. The van der Waals surface area contributed by atoms with E-state index in [1.807, 2.05) is 0 Å². The molecule has 0 aromatic heterocycles.